The molecule has 0 fully saturated rings. The largest absolute Gasteiger partial charge is 0.349 e. The Morgan fingerprint density at radius 2 is 2.10 bits per heavy atom. The lowest BCUT2D eigenvalue weighted by Gasteiger charge is -2.17. The van der Waals surface area contributed by atoms with E-state index in [1.807, 2.05) is 6.92 Å². The fourth-order valence-electron chi connectivity index (χ4n) is 2.05. The van der Waals surface area contributed by atoms with E-state index in [1.165, 1.54) is 12.1 Å². The van der Waals surface area contributed by atoms with Gasteiger partial charge >= 0.3 is 0 Å². The normalized spacial score (nSPS) is 12.1. The Bertz CT molecular complexity index is 596. The average molecular weight is 291 g/mol. The molecule has 2 rings (SSSR count). The minimum Gasteiger partial charge on any atom is -0.349 e. The van der Waals surface area contributed by atoms with E-state index in [-0.39, 0.29) is 17.8 Å². The topological polar surface area (TPSA) is 72.7 Å². The Labute approximate surface area is 122 Å². The molecule has 1 aromatic carbocycles. The van der Waals surface area contributed by atoms with Crippen molar-refractivity contribution in [3.05, 3.63) is 41.5 Å². The lowest BCUT2D eigenvalue weighted by atomic mass is 10.0. The molecule has 7 heteroatoms. The molecule has 112 valence electrons. The molecule has 0 aliphatic carbocycles. The van der Waals surface area contributed by atoms with Gasteiger partial charge in [-0.05, 0) is 41.5 Å². The van der Waals surface area contributed by atoms with Crippen molar-refractivity contribution in [1.82, 2.24) is 25.5 Å². The van der Waals surface area contributed by atoms with Crippen LogP contribution in [0.3, 0.4) is 0 Å². The zero-order valence-corrected chi connectivity index (χ0v) is 12.1. The minimum atomic E-state index is -0.283. The SMILES string of the molecule is CCC(NC(=O)CCn1nnnc1C)c1ccc(F)cc1. The number of aryl methyl sites for hydroxylation is 2. The van der Waals surface area contributed by atoms with Gasteiger partial charge in [0, 0.05) is 6.42 Å². The Balaban J connectivity index is 1.90. The third-order valence-corrected chi connectivity index (χ3v) is 3.28. The predicted octanol–water partition coefficient (Wildman–Crippen LogP) is 1.78. The number of carbonyl (C=O) groups excluding carboxylic acids is 1. The number of rotatable bonds is 6. The molecule has 0 spiro atoms. The fourth-order valence-corrected chi connectivity index (χ4v) is 2.05. The van der Waals surface area contributed by atoms with Crippen molar-refractivity contribution in [2.24, 2.45) is 0 Å². The maximum Gasteiger partial charge on any atom is 0.222 e. The highest BCUT2D eigenvalue weighted by atomic mass is 19.1. The van der Waals surface area contributed by atoms with Crippen LogP contribution in [0.5, 0.6) is 0 Å². The second-order valence-electron chi connectivity index (χ2n) is 4.78. The van der Waals surface area contributed by atoms with Crippen LogP contribution < -0.4 is 5.32 Å². The summed E-state index contributed by atoms with van der Waals surface area (Å²) in [6, 6.07) is 6.06. The number of carbonyl (C=O) groups is 1. The molecule has 1 N–H and O–H groups in total. The summed E-state index contributed by atoms with van der Waals surface area (Å²) in [4.78, 5) is 12.0. The fraction of sp³-hybridized carbons (Fsp3) is 0.429. The van der Waals surface area contributed by atoms with E-state index in [1.54, 1.807) is 23.7 Å². The highest BCUT2D eigenvalue weighted by molar-refractivity contribution is 5.76. The third kappa shape index (κ3) is 4.08. The van der Waals surface area contributed by atoms with Crippen molar-refractivity contribution in [2.75, 3.05) is 0 Å². The van der Waals surface area contributed by atoms with Gasteiger partial charge in [-0.25, -0.2) is 9.07 Å². The first-order chi connectivity index (χ1) is 10.1. The van der Waals surface area contributed by atoms with Gasteiger partial charge in [-0.3, -0.25) is 4.79 Å². The highest BCUT2D eigenvalue weighted by Crippen LogP contribution is 2.17. The third-order valence-electron chi connectivity index (χ3n) is 3.28. The van der Waals surface area contributed by atoms with Gasteiger partial charge in [-0.15, -0.1) is 5.10 Å². The van der Waals surface area contributed by atoms with E-state index < -0.39 is 0 Å². The Hall–Kier alpha value is -2.31. The molecule has 1 atom stereocenters. The molecule has 0 saturated carbocycles. The maximum atomic E-state index is 12.9. The van der Waals surface area contributed by atoms with Gasteiger partial charge in [0.05, 0.1) is 12.6 Å². The molecule has 1 aromatic heterocycles. The van der Waals surface area contributed by atoms with Crippen LogP contribution in [0.25, 0.3) is 0 Å². The Morgan fingerprint density at radius 3 is 2.67 bits per heavy atom. The summed E-state index contributed by atoms with van der Waals surface area (Å²) in [7, 11) is 0. The second kappa shape index (κ2) is 6.92. The van der Waals surface area contributed by atoms with Gasteiger partial charge < -0.3 is 5.32 Å². The molecular formula is C14H18FN5O. The van der Waals surface area contributed by atoms with Gasteiger partial charge in [0.15, 0.2) is 0 Å². The molecule has 1 amide bonds. The Morgan fingerprint density at radius 1 is 1.38 bits per heavy atom. The van der Waals surface area contributed by atoms with Crippen molar-refractivity contribution in [3.8, 4) is 0 Å². The first-order valence-corrected chi connectivity index (χ1v) is 6.87. The van der Waals surface area contributed by atoms with E-state index in [4.69, 9.17) is 0 Å². The summed E-state index contributed by atoms with van der Waals surface area (Å²) >= 11 is 0. The van der Waals surface area contributed by atoms with Gasteiger partial charge in [-0.1, -0.05) is 19.1 Å². The van der Waals surface area contributed by atoms with E-state index in [2.05, 4.69) is 20.8 Å². The number of nitrogens with one attached hydrogen (secondary N) is 1. The molecule has 0 aliphatic rings. The quantitative estimate of drug-likeness (QED) is 0.880. The van der Waals surface area contributed by atoms with Crippen LogP contribution in [0, 0.1) is 12.7 Å². The second-order valence-corrected chi connectivity index (χ2v) is 4.78. The van der Waals surface area contributed by atoms with E-state index in [0.717, 1.165) is 12.0 Å². The Kier molecular flexibility index (Phi) is 4.97. The van der Waals surface area contributed by atoms with E-state index in [9.17, 15) is 9.18 Å². The van der Waals surface area contributed by atoms with E-state index >= 15 is 0 Å². The average Bonchev–Trinajstić information content (AvgIpc) is 2.89. The summed E-state index contributed by atoms with van der Waals surface area (Å²) in [5, 5.41) is 14.0. The molecule has 1 heterocycles. The van der Waals surface area contributed by atoms with Crippen LogP contribution >= 0.6 is 0 Å². The standard InChI is InChI=1S/C14H18FN5O/c1-3-13(11-4-6-12(15)7-5-11)16-14(21)8-9-20-10(2)17-18-19-20/h4-7,13H,3,8-9H2,1-2H3,(H,16,21). The number of halogens is 1. The van der Waals surface area contributed by atoms with Crippen LogP contribution in [0.1, 0.15) is 37.2 Å². The summed E-state index contributed by atoms with van der Waals surface area (Å²) in [5.41, 5.74) is 0.894. The minimum absolute atomic E-state index is 0.0823. The van der Waals surface area contributed by atoms with Gasteiger partial charge in [0.2, 0.25) is 5.91 Å². The molecule has 0 aliphatic heterocycles. The van der Waals surface area contributed by atoms with Crippen LogP contribution in [0.2, 0.25) is 0 Å². The van der Waals surface area contributed by atoms with E-state index in [0.29, 0.717) is 18.8 Å². The predicted molar refractivity (Wildman–Crippen MR) is 74.7 cm³/mol. The first-order valence-electron chi connectivity index (χ1n) is 6.87. The molecular weight excluding hydrogens is 273 g/mol. The zero-order chi connectivity index (χ0) is 15.2. The van der Waals surface area contributed by atoms with Crippen molar-refractivity contribution in [2.45, 2.75) is 39.3 Å². The molecule has 6 nitrogen and oxygen atoms in total. The lowest BCUT2D eigenvalue weighted by Crippen LogP contribution is -2.29. The summed E-state index contributed by atoms with van der Waals surface area (Å²) in [6.45, 7) is 4.19. The van der Waals surface area contributed by atoms with Crippen molar-refractivity contribution in [3.63, 3.8) is 0 Å². The van der Waals surface area contributed by atoms with Gasteiger partial charge in [-0.2, -0.15) is 0 Å². The molecule has 2 aromatic rings. The summed E-state index contributed by atoms with van der Waals surface area (Å²) in [5.74, 6) is 0.309. The highest BCUT2D eigenvalue weighted by Gasteiger charge is 2.13. The number of hydrogen-bond donors (Lipinski definition) is 1. The molecule has 1 unspecified atom stereocenters. The molecule has 21 heavy (non-hydrogen) atoms. The smallest absolute Gasteiger partial charge is 0.222 e. The first kappa shape index (κ1) is 15.1. The number of amides is 1. The van der Waals surface area contributed by atoms with Crippen LogP contribution in [0.4, 0.5) is 4.39 Å². The molecule has 0 saturated heterocycles. The number of hydrogen-bond acceptors (Lipinski definition) is 4. The van der Waals surface area contributed by atoms with Crippen molar-refractivity contribution < 1.29 is 9.18 Å². The maximum absolute atomic E-state index is 12.9. The van der Waals surface area contributed by atoms with Crippen molar-refractivity contribution >= 4 is 5.91 Å². The monoisotopic (exact) mass is 291 g/mol. The summed E-state index contributed by atoms with van der Waals surface area (Å²) in [6.07, 6.45) is 1.03. The lowest BCUT2D eigenvalue weighted by molar-refractivity contribution is -0.122. The number of aromatic nitrogens is 4. The van der Waals surface area contributed by atoms with Gasteiger partial charge in [0.1, 0.15) is 11.6 Å². The zero-order valence-electron chi connectivity index (χ0n) is 12.1. The number of nitrogens with zero attached hydrogens (tertiary/aromatic N) is 4. The molecule has 0 radical (unpaired) electrons. The van der Waals surface area contributed by atoms with Crippen LogP contribution in [0.15, 0.2) is 24.3 Å². The number of benzene rings is 1. The van der Waals surface area contributed by atoms with Crippen molar-refractivity contribution in [1.29, 1.82) is 0 Å². The van der Waals surface area contributed by atoms with Crippen LogP contribution in [-0.2, 0) is 11.3 Å². The number of tetrazole rings is 1. The van der Waals surface area contributed by atoms with Crippen LogP contribution in [-0.4, -0.2) is 26.1 Å². The summed E-state index contributed by atoms with van der Waals surface area (Å²) < 4.78 is 14.5. The molecule has 0 bridgehead atoms. The van der Waals surface area contributed by atoms with Gasteiger partial charge in [0.25, 0.3) is 0 Å².